The molecule has 0 amide bonds. The Labute approximate surface area is 197 Å². The van der Waals surface area contributed by atoms with Gasteiger partial charge in [-0.25, -0.2) is 9.67 Å². The number of benzene rings is 1. The van der Waals surface area contributed by atoms with Gasteiger partial charge < -0.3 is 5.11 Å². The van der Waals surface area contributed by atoms with Crippen molar-refractivity contribution in [2.45, 2.75) is 38.5 Å². The molecule has 0 aliphatic heterocycles. The van der Waals surface area contributed by atoms with Gasteiger partial charge >= 0.3 is 0 Å². The van der Waals surface area contributed by atoms with E-state index in [0.29, 0.717) is 21.8 Å². The first-order valence-electron chi connectivity index (χ1n) is 10.6. The van der Waals surface area contributed by atoms with Crippen LogP contribution in [0.4, 0.5) is 0 Å². The van der Waals surface area contributed by atoms with E-state index < -0.39 is 0 Å². The van der Waals surface area contributed by atoms with Crippen LogP contribution in [0, 0.1) is 12.1 Å². The highest BCUT2D eigenvalue weighted by Gasteiger charge is 2.33. The highest BCUT2D eigenvalue weighted by atomic mass is 35.5. The molecule has 1 aliphatic carbocycles. The molecule has 1 N–H and O–H groups in total. The van der Waals surface area contributed by atoms with Gasteiger partial charge in [0, 0.05) is 11.3 Å². The second kappa shape index (κ2) is 8.16. The number of aromatic hydroxyl groups is 1. The molecular weight excluding hydrogens is 441 g/mol. The maximum atomic E-state index is 10.5. The van der Waals surface area contributed by atoms with Crippen molar-refractivity contribution in [1.82, 2.24) is 14.8 Å². The maximum Gasteiger partial charge on any atom is 0.141 e. The van der Waals surface area contributed by atoms with Crippen LogP contribution in [-0.4, -0.2) is 19.9 Å². The van der Waals surface area contributed by atoms with Gasteiger partial charge in [0.15, 0.2) is 0 Å². The molecule has 2 aromatic heterocycles. The summed E-state index contributed by atoms with van der Waals surface area (Å²) in [5, 5.41) is 16.4. The monoisotopic (exact) mass is 461 g/mol. The molecule has 0 fully saturated rings. The Kier molecular flexibility index (Phi) is 5.33. The number of phenols is 1. The Hall–Kier alpha value is -3.00. The number of pyridine rings is 1. The Balaban J connectivity index is 1.59. The lowest BCUT2D eigenvalue weighted by atomic mass is 9.96. The van der Waals surface area contributed by atoms with E-state index in [9.17, 15) is 5.11 Å². The van der Waals surface area contributed by atoms with E-state index in [1.807, 2.05) is 18.2 Å². The molecule has 0 radical (unpaired) electrons. The molecule has 0 saturated heterocycles. The summed E-state index contributed by atoms with van der Waals surface area (Å²) < 4.78 is 1.80. The molecule has 1 atom stereocenters. The van der Waals surface area contributed by atoms with Gasteiger partial charge in [0.05, 0.1) is 22.0 Å². The number of aromatic nitrogens is 3. The molecular formula is C26H21Cl2N3O. The fourth-order valence-electron chi connectivity index (χ4n) is 4.33. The quantitative estimate of drug-likeness (QED) is 0.350. The lowest BCUT2D eigenvalue weighted by Crippen LogP contribution is -2.07. The van der Waals surface area contributed by atoms with Crippen LogP contribution < -0.4 is 0 Å². The zero-order valence-electron chi connectivity index (χ0n) is 17.7. The number of halogens is 2. The van der Waals surface area contributed by atoms with Crippen molar-refractivity contribution in [3.63, 3.8) is 0 Å². The van der Waals surface area contributed by atoms with Crippen molar-refractivity contribution < 1.29 is 5.11 Å². The Bertz CT molecular complexity index is 1300. The summed E-state index contributed by atoms with van der Waals surface area (Å²) in [5.74, 6) is 0.690. The van der Waals surface area contributed by atoms with Gasteiger partial charge in [0.1, 0.15) is 16.6 Å². The van der Waals surface area contributed by atoms with E-state index in [2.05, 4.69) is 43.1 Å². The van der Waals surface area contributed by atoms with E-state index in [1.165, 1.54) is 0 Å². The summed E-state index contributed by atoms with van der Waals surface area (Å²) in [6, 6.07) is 21.1. The van der Waals surface area contributed by atoms with Gasteiger partial charge in [0.2, 0.25) is 0 Å². The van der Waals surface area contributed by atoms with Crippen LogP contribution in [0.2, 0.25) is 10.2 Å². The first kappa shape index (κ1) is 20.9. The second-order valence-corrected chi connectivity index (χ2v) is 9.16. The summed E-state index contributed by atoms with van der Waals surface area (Å²) in [5.41, 5.74) is 6.48. The van der Waals surface area contributed by atoms with Gasteiger partial charge in [-0.3, -0.25) is 0 Å². The molecule has 5 rings (SSSR count). The minimum Gasteiger partial charge on any atom is -0.506 e. The lowest BCUT2D eigenvalue weighted by Gasteiger charge is -2.15. The van der Waals surface area contributed by atoms with E-state index >= 15 is 0 Å². The zero-order chi connectivity index (χ0) is 22.4. The molecule has 2 heterocycles. The van der Waals surface area contributed by atoms with E-state index in [1.54, 1.807) is 22.9 Å². The molecule has 160 valence electrons. The Morgan fingerprint density at radius 1 is 1.03 bits per heavy atom. The Morgan fingerprint density at radius 2 is 1.84 bits per heavy atom. The normalized spacial score (nSPS) is 15.1. The van der Waals surface area contributed by atoms with Gasteiger partial charge in [-0.05, 0) is 66.6 Å². The topological polar surface area (TPSA) is 50.9 Å². The van der Waals surface area contributed by atoms with E-state index in [-0.39, 0.29) is 11.7 Å². The average Bonchev–Trinajstić information content (AvgIpc) is 3.32. The summed E-state index contributed by atoms with van der Waals surface area (Å²) in [4.78, 5) is 4.61. The summed E-state index contributed by atoms with van der Waals surface area (Å²) in [6.45, 7) is 4.22. The number of phenolic OH excluding ortho intramolecular Hbond substituents is 1. The number of hydrogen-bond donors (Lipinski definition) is 1. The van der Waals surface area contributed by atoms with Gasteiger partial charge in [0.25, 0.3) is 0 Å². The SMILES string of the molecule is CC(C)c1ccc(C2Cc3nn(-c4ccccc4O)c(-c4c#cc(Cl)cc4)c3C2)c(Cl)n1. The average molecular weight is 462 g/mol. The first-order chi connectivity index (χ1) is 15.4. The van der Waals surface area contributed by atoms with Crippen LogP contribution in [-0.2, 0) is 12.8 Å². The van der Waals surface area contributed by atoms with Crippen LogP contribution >= 0.6 is 23.2 Å². The van der Waals surface area contributed by atoms with Crippen molar-refractivity contribution in [3.8, 4) is 22.7 Å². The van der Waals surface area contributed by atoms with E-state index in [4.69, 9.17) is 28.3 Å². The van der Waals surface area contributed by atoms with Crippen molar-refractivity contribution in [1.29, 1.82) is 0 Å². The van der Waals surface area contributed by atoms with Gasteiger partial charge in [-0.1, -0.05) is 61.3 Å². The predicted molar refractivity (Wildman–Crippen MR) is 127 cm³/mol. The molecule has 0 saturated carbocycles. The largest absolute Gasteiger partial charge is 0.506 e. The first-order valence-corrected chi connectivity index (χ1v) is 11.3. The van der Waals surface area contributed by atoms with Crippen LogP contribution in [0.25, 0.3) is 16.9 Å². The smallest absolute Gasteiger partial charge is 0.141 e. The number of rotatable bonds is 4. The number of para-hydroxylation sites is 2. The third-order valence-electron chi connectivity index (χ3n) is 5.97. The van der Waals surface area contributed by atoms with Gasteiger partial charge in [-0.15, -0.1) is 0 Å². The molecule has 4 nitrogen and oxygen atoms in total. The van der Waals surface area contributed by atoms with Crippen molar-refractivity contribution in [2.75, 3.05) is 0 Å². The fraction of sp³-hybridized carbons (Fsp3) is 0.231. The molecule has 0 spiro atoms. The van der Waals surface area contributed by atoms with E-state index in [0.717, 1.165) is 46.6 Å². The van der Waals surface area contributed by atoms with Crippen LogP contribution in [0.5, 0.6) is 5.75 Å². The predicted octanol–water partition coefficient (Wildman–Crippen LogP) is 6.55. The number of hydrogen-bond acceptors (Lipinski definition) is 3. The second-order valence-electron chi connectivity index (χ2n) is 8.40. The molecule has 4 aromatic rings. The third kappa shape index (κ3) is 3.62. The lowest BCUT2D eigenvalue weighted by molar-refractivity contribution is 0.470. The van der Waals surface area contributed by atoms with Crippen LogP contribution in [0.15, 0.2) is 48.5 Å². The zero-order valence-corrected chi connectivity index (χ0v) is 19.2. The van der Waals surface area contributed by atoms with Crippen molar-refractivity contribution in [2.24, 2.45) is 0 Å². The van der Waals surface area contributed by atoms with Crippen molar-refractivity contribution >= 4 is 23.2 Å². The minimum absolute atomic E-state index is 0.168. The third-order valence-corrected chi connectivity index (χ3v) is 6.49. The molecule has 1 unspecified atom stereocenters. The minimum atomic E-state index is 0.168. The number of nitrogens with zero attached hydrogens (tertiary/aromatic N) is 3. The van der Waals surface area contributed by atoms with Crippen LogP contribution in [0.3, 0.4) is 0 Å². The molecule has 0 bridgehead atoms. The van der Waals surface area contributed by atoms with Crippen molar-refractivity contribution in [3.05, 3.63) is 93.4 Å². The molecule has 32 heavy (non-hydrogen) atoms. The van der Waals surface area contributed by atoms with Gasteiger partial charge in [-0.2, -0.15) is 5.10 Å². The number of fused-ring (bicyclic) bond motifs is 1. The fourth-order valence-corrected chi connectivity index (χ4v) is 4.76. The summed E-state index contributed by atoms with van der Waals surface area (Å²) in [6.07, 6.45) is 1.53. The summed E-state index contributed by atoms with van der Waals surface area (Å²) >= 11 is 12.6. The Morgan fingerprint density at radius 3 is 2.53 bits per heavy atom. The molecule has 6 heteroatoms. The molecule has 1 aliphatic rings. The summed E-state index contributed by atoms with van der Waals surface area (Å²) in [7, 11) is 0. The standard InChI is InChI=1S/C26H21Cl2N3O/c1-15(2)21-12-11-19(26(28)29-21)17-13-20-22(14-17)30-31(23-5-3-4-6-24(23)32)25(20)16-7-9-18(27)10-8-16/h3-7,9,11-12,15,17,32H,13-14H2,1-2H3. The highest BCUT2D eigenvalue weighted by molar-refractivity contribution is 6.30. The maximum absolute atomic E-state index is 10.5. The highest BCUT2D eigenvalue weighted by Crippen LogP contribution is 2.42. The molecule has 2 aromatic carbocycles. The van der Waals surface area contributed by atoms with Crippen LogP contribution in [0.1, 0.15) is 48.2 Å².